The zero-order valence-corrected chi connectivity index (χ0v) is 11.0. The Hall–Kier alpha value is -1.60. The van der Waals surface area contributed by atoms with E-state index in [1.54, 1.807) is 6.20 Å². The third-order valence-corrected chi connectivity index (χ3v) is 3.35. The molecule has 1 atom stereocenters. The zero-order chi connectivity index (χ0) is 12.3. The van der Waals surface area contributed by atoms with Gasteiger partial charge in [0, 0.05) is 10.0 Å². The van der Waals surface area contributed by atoms with Crippen molar-refractivity contribution >= 4 is 15.9 Å². The van der Waals surface area contributed by atoms with E-state index in [2.05, 4.69) is 32.0 Å². The van der Waals surface area contributed by atoms with E-state index in [1.165, 1.54) is 0 Å². The van der Waals surface area contributed by atoms with Gasteiger partial charge in [-0.2, -0.15) is 5.26 Å². The molecule has 1 N–H and O–H groups in total. The maximum absolute atomic E-state index is 8.99. The maximum atomic E-state index is 8.99. The minimum atomic E-state index is -0.161. The van der Waals surface area contributed by atoms with Gasteiger partial charge in [-0.15, -0.1) is 0 Å². The highest BCUT2D eigenvalue weighted by molar-refractivity contribution is 9.10. The predicted molar refractivity (Wildman–Crippen MR) is 70.4 cm³/mol. The Labute approximate surface area is 109 Å². The highest BCUT2D eigenvalue weighted by Gasteiger charge is 2.13. The molecule has 0 amide bonds. The summed E-state index contributed by atoms with van der Waals surface area (Å²) in [7, 11) is 0. The van der Waals surface area contributed by atoms with Gasteiger partial charge in [-0.1, -0.05) is 41.1 Å². The zero-order valence-electron chi connectivity index (χ0n) is 9.44. The number of nitrogens with zero attached hydrogens (tertiary/aromatic N) is 2. The Morgan fingerprint density at radius 3 is 2.88 bits per heavy atom. The smallest absolute Gasteiger partial charge is 0.123 e. The van der Waals surface area contributed by atoms with Gasteiger partial charge >= 0.3 is 0 Å². The van der Waals surface area contributed by atoms with E-state index in [0.717, 1.165) is 28.0 Å². The van der Waals surface area contributed by atoms with E-state index in [-0.39, 0.29) is 5.92 Å². The molecule has 0 bridgehead atoms. The van der Waals surface area contributed by atoms with Crippen molar-refractivity contribution in [2.45, 2.75) is 19.3 Å². The first-order chi connectivity index (χ1) is 8.26. The number of imidazole rings is 1. The second-order valence-electron chi connectivity index (χ2n) is 3.75. The van der Waals surface area contributed by atoms with Gasteiger partial charge in [-0.05, 0) is 12.5 Å². The molecule has 2 rings (SSSR count). The molecule has 4 heteroatoms. The van der Waals surface area contributed by atoms with Crippen LogP contribution in [0.2, 0.25) is 0 Å². The standard InChI is InChI=1S/C13H12BrN3/c1-2-9(7-15)13-16-8-12(17-13)10-5-3-4-6-11(10)14/h3-6,8-9H,2H2,1H3,(H,16,17). The number of hydrogen-bond acceptors (Lipinski definition) is 2. The third kappa shape index (κ3) is 2.40. The molecule has 3 nitrogen and oxygen atoms in total. The summed E-state index contributed by atoms with van der Waals surface area (Å²) in [5, 5.41) is 8.99. The van der Waals surface area contributed by atoms with Gasteiger partial charge in [0.15, 0.2) is 0 Å². The molecule has 2 aromatic rings. The molecule has 0 radical (unpaired) electrons. The number of aromatic nitrogens is 2. The van der Waals surface area contributed by atoms with Gasteiger partial charge in [0.1, 0.15) is 11.7 Å². The van der Waals surface area contributed by atoms with Crippen LogP contribution < -0.4 is 0 Å². The minimum absolute atomic E-state index is 0.161. The number of aromatic amines is 1. The number of H-pyrrole nitrogens is 1. The quantitative estimate of drug-likeness (QED) is 0.933. The largest absolute Gasteiger partial charge is 0.341 e. The van der Waals surface area contributed by atoms with Gasteiger partial charge in [0.2, 0.25) is 0 Å². The van der Waals surface area contributed by atoms with Gasteiger partial charge < -0.3 is 4.98 Å². The Bertz CT molecular complexity index is 554. The molecule has 17 heavy (non-hydrogen) atoms. The lowest BCUT2D eigenvalue weighted by Gasteiger charge is -2.02. The topological polar surface area (TPSA) is 52.5 Å². The van der Waals surface area contributed by atoms with E-state index in [0.29, 0.717) is 0 Å². The Morgan fingerprint density at radius 2 is 2.24 bits per heavy atom. The number of benzene rings is 1. The molecule has 86 valence electrons. The molecule has 0 spiro atoms. The molecule has 0 aliphatic heterocycles. The third-order valence-electron chi connectivity index (χ3n) is 2.65. The van der Waals surface area contributed by atoms with Crippen LogP contribution in [0.3, 0.4) is 0 Å². The summed E-state index contributed by atoms with van der Waals surface area (Å²) in [5.41, 5.74) is 1.99. The van der Waals surface area contributed by atoms with Crippen LogP contribution in [-0.4, -0.2) is 9.97 Å². The summed E-state index contributed by atoms with van der Waals surface area (Å²) in [5.74, 6) is 0.576. The molecule has 1 aromatic heterocycles. The summed E-state index contributed by atoms with van der Waals surface area (Å²) in [4.78, 5) is 7.49. The molecule has 0 saturated heterocycles. The van der Waals surface area contributed by atoms with Crippen molar-refractivity contribution in [3.63, 3.8) is 0 Å². The van der Waals surface area contributed by atoms with E-state index < -0.39 is 0 Å². The van der Waals surface area contributed by atoms with Gasteiger partial charge in [-0.3, -0.25) is 0 Å². The molecule has 1 unspecified atom stereocenters. The number of rotatable bonds is 3. The van der Waals surface area contributed by atoms with Crippen LogP contribution in [0.25, 0.3) is 11.3 Å². The predicted octanol–water partition coefficient (Wildman–Crippen LogP) is 3.86. The lowest BCUT2D eigenvalue weighted by atomic mass is 10.1. The minimum Gasteiger partial charge on any atom is -0.341 e. The van der Waals surface area contributed by atoms with Crippen LogP contribution in [0, 0.1) is 11.3 Å². The lowest BCUT2D eigenvalue weighted by Crippen LogP contribution is -1.95. The molecule has 0 saturated carbocycles. The molecular formula is C13H12BrN3. The molecule has 1 aromatic carbocycles. The lowest BCUT2D eigenvalue weighted by molar-refractivity contribution is 0.766. The highest BCUT2D eigenvalue weighted by atomic mass is 79.9. The fourth-order valence-electron chi connectivity index (χ4n) is 1.68. The van der Waals surface area contributed by atoms with Gasteiger partial charge in [-0.25, -0.2) is 4.98 Å². The fraction of sp³-hybridized carbons (Fsp3) is 0.231. The molecule has 0 fully saturated rings. The first kappa shape index (κ1) is 11.9. The second kappa shape index (κ2) is 5.15. The normalized spacial score (nSPS) is 12.1. The average Bonchev–Trinajstić information content (AvgIpc) is 2.81. The number of halogens is 1. The SMILES string of the molecule is CCC(C#N)c1ncc(-c2ccccc2Br)[nH]1. The average molecular weight is 290 g/mol. The summed E-state index contributed by atoms with van der Waals surface area (Å²) >= 11 is 3.50. The van der Waals surface area contributed by atoms with E-state index in [9.17, 15) is 0 Å². The van der Waals surface area contributed by atoms with Crippen molar-refractivity contribution in [3.05, 3.63) is 40.8 Å². The molecule has 0 aliphatic carbocycles. The Kier molecular flexibility index (Phi) is 3.60. The molecule has 1 heterocycles. The van der Waals surface area contributed by atoms with Crippen molar-refractivity contribution in [1.82, 2.24) is 9.97 Å². The van der Waals surface area contributed by atoms with Gasteiger partial charge in [0.05, 0.1) is 18.0 Å². The van der Waals surface area contributed by atoms with Crippen LogP contribution in [0.5, 0.6) is 0 Å². The number of nitrogens with one attached hydrogen (secondary N) is 1. The van der Waals surface area contributed by atoms with Crippen molar-refractivity contribution in [2.75, 3.05) is 0 Å². The number of hydrogen-bond donors (Lipinski definition) is 1. The van der Waals surface area contributed by atoms with Crippen LogP contribution in [0.15, 0.2) is 34.9 Å². The van der Waals surface area contributed by atoms with Crippen molar-refractivity contribution in [2.24, 2.45) is 0 Å². The van der Waals surface area contributed by atoms with Crippen molar-refractivity contribution in [1.29, 1.82) is 5.26 Å². The summed E-state index contributed by atoms with van der Waals surface area (Å²) < 4.78 is 1.01. The summed E-state index contributed by atoms with van der Waals surface area (Å²) in [6, 6.07) is 10.2. The van der Waals surface area contributed by atoms with Crippen LogP contribution in [0.1, 0.15) is 25.1 Å². The maximum Gasteiger partial charge on any atom is 0.123 e. The fourth-order valence-corrected chi connectivity index (χ4v) is 2.17. The monoisotopic (exact) mass is 289 g/mol. The van der Waals surface area contributed by atoms with Crippen molar-refractivity contribution < 1.29 is 0 Å². The molecular weight excluding hydrogens is 278 g/mol. The summed E-state index contributed by atoms with van der Waals surface area (Å²) in [6.07, 6.45) is 2.54. The Balaban J connectivity index is 2.37. The van der Waals surface area contributed by atoms with Gasteiger partial charge in [0.25, 0.3) is 0 Å². The summed E-state index contributed by atoms with van der Waals surface area (Å²) in [6.45, 7) is 1.98. The number of nitriles is 1. The molecule has 0 aliphatic rings. The van der Waals surface area contributed by atoms with Crippen LogP contribution in [-0.2, 0) is 0 Å². The first-order valence-electron chi connectivity index (χ1n) is 5.45. The van der Waals surface area contributed by atoms with Crippen molar-refractivity contribution in [3.8, 4) is 17.3 Å². The highest BCUT2D eigenvalue weighted by Crippen LogP contribution is 2.27. The second-order valence-corrected chi connectivity index (χ2v) is 4.61. The van der Waals surface area contributed by atoms with Crippen LogP contribution in [0.4, 0.5) is 0 Å². The van der Waals surface area contributed by atoms with Crippen LogP contribution >= 0.6 is 15.9 Å². The van der Waals surface area contributed by atoms with E-state index in [4.69, 9.17) is 5.26 Å². The Morgan fingerprint density at radius 1 is 1.47 bits per heavy atom. The van der Waals surface area contributed by atoms with E-state index in [1.807, 2.05) is 31.2 Å². The van der Waals surface area contributed by atoms with E-state index >= 15 is 0 Å². The first-order valence-corrected chi connectivity index (χ1v) is 6.25.